The largest absolute Gasteiger partial charge is 0.497 e. The molecule has 3 rings (SSSR count). The van der Waals surface area contributed by atoms with Gasteiger partial charge in [-0.05, 0) is 36.4 Å². The van der Waals surface area contributed by atoms with E-state index in [2.05, 4.69) is 16.3 Å². The number of H-pyrrole nitrogens is 1. The summed E-state index contributed by atoms with van der Waals surface area (Å²) in [6.45, 7) is 3.60. The number of aromatic nitrogens is 1. The molecule has 5 heteroatoms. The van der Waals surface area contributed by atoms with Crippen LogP contribution in [-0.2, 0) is 9.53 Å². The van der Waals surface area contributed by atoms with Crippen LogP contribution in [0.4, 0.5) is 0 Å². The molecule has 1 aromatic rings. The molecule has 0 amide bonds. The second-order valence-electron chi connectivity index (χ2n) is 5.15. The maximum absolute atomic E-state index is 11.6. The lowest BCUT2D eigenvalue weighted by atomic mass is 10.1. The molecule has 0 spiro atoms. The summed E-state index contributed by atoms with van der Waals surface area (Å²) in [7, 11) is 2.84. The molecule has 0 bridgehead atoms. The van der Waals surface area contributed by atoms with Crippen LogP contribution in [0.2, 0.25) is 0 Å². The van der Waals surface area contributed by atoms with Crippen LogP contribution in [0.15, 0.2) is 60.9 Å². The third-order valence-corrected chi connectivity index (χ3v) is 3.67. The fourth-order valence-electron chi connectivity index (χ4n) is 2.43. The number of hydrogen-bond donors (Lipinski definition) is 1. The zero-order valence-electron chi connectivity index (χ0n) is 13.5. The Kier molecular flexibility index (Phi) is 4.24. The number of pyridine rings is 1. The molecule has 5 nitrogen and oxygen atoms in total. The molecule has 0 unspecified atom stereocenters. The molecule has 0 atom stereocenters. The smallest absolute Gasteiger partial charge is 0.373 e. The first-order valence-electron chi connectivity index (χ1n) is 7.33. The van der Waals surface area contributed by atoms with Crippen molar-refractivity contribution in [2.75, 3.05) is 14.2 Å². The van der Waals surface area contributed by atoms with E-state index >= 15 is 0 Å². The van der Waals surface area contributed by atoms with Gasteiger partial charge < -0.3 is 19.2 Å². The van der Waals surface area contributed by atoms with Crippen molar-refractivity contribution in [3.63, 3.8) is 0 Å². The molecule has 1 N–H and O–H groups in total. The molecule has 1 aromatic carbocycles. The van der Waals surface area contributed by atoms with Gasteiger partial charge in [0, 0.05) is 23.0 Å². The zero-order chi connectivity index (χ0) is 17.1. The summed E-state index contributed by atoms with van der Waals surface area (Å²) in [6.07, 6.45) is 0. The van der Waals surface area contributed by atoms with Crippen molar-refractivity contribution in [1.82, 2.24) is 4.98 Å². The monoisotopic (exact) mass is 323 g/mol. The van der Waals surface area contributed by atoms with Crippen LogP contribution in [0.3, 0.4) is 0 Å². The molecule has 24 heavy (non-hydrogen) atoms. The average molecular weight is 323 g/mol. The Morgan fingerprint density at radius 3 is 2.62 bits per heavy atom. The van der Waals surface area contributed by atoms with E-state index in [4.69, 9.17) is 9.47 Å². The van der Waals surface area contributed by atoms with Crippen molar-refractivity contribution in [1.29, 1.82) is 0 Å². The number of aromatic amines is 1. The summed E-state index contributed by atoms with van der Waals surface area (Å²) in [4.78, 5) is 14.9. The average Bonchev–Trinajstić information content (AvgIpc) is 3.08. The molecule has 0 fully saturated rings. The molecule has 1 heterocycles. The van der Waals surface area contributed by atoms with Crippen molar-refractivity contribution < 1.29 is 19.0 Å². The Balaban J connectivity index is 2.05. The second kappa shape index (κ2) is 6.50. The lowest BCUT2D eigenvalue weighted by Gasteiger charge is -2.14. The maximum atomic E-state index is 11.6. The van der Waals surface area contributed by atoms with E-state index < -0.39 is 5.97 Å². The summed E-state index contributed by atoms with van der Waals surface area (Å²) < 4.78 is 15.5. The van der Waals surface area contributed by atoms with Crippen molar-refractivity contribution in [2.24, 2.45) is 0 Å². The van der Waals surface area contributed by atoms with Crippen LogP contribution < -0.4 is 9.47 Å². The van der Waals surface area contributed by atoms with Gasteiger partial charge in [-0.25, -0.2) is 4.79 Å². The number of rotatable bonds is 5. The minimum atomic E-state index is -0.626. The lowest BCUT2D eigenvalue weighted by Crippen LogP contribution is -2.10. The predicted molar refractivity (Wildman–Crippen MR) is 91.2 cm³/mol. The fraction of sp³-hybridized carbons (Fsp3) is 0.105. The van der Waals surface area contributed by atoms with E-state index in [0.717, 1.165) is 22.5 Å². The Labute approximate surface area is 139 Å². The first-order chi connectivity index (χ1) is 11.6. The van der Waals surface area contributed by atoms with Gasteiger partial charge in [-0.2, -0.15) is 0 Å². The standard InChI is InChI=1S/C19H17NO4/c1-12(19(21)23-3)24-18-11-14(22-2)8-9-15(18)17-10-7-13-5-4-6-16(13)20-17/h4-11,20H,1H2,2-3H3. The van der Waals surface area contributed by atoms with Gasteiger partial charge in [0.1, 0.15) is 11.5 Å². The van der Waals surface area contributed by atoms with E-state index in [1.165, 1.54) is 7.11 Å². The van der Waals surface area contributed by atoms with Gasteiger partial charge in [-0.1, -0.05) is 18.2 Å². The summed E-state index contributed by atoms with van der Waals surface area (Å²) in [6, 6.07) is 15.4. The predicted octanol–water partition coefficient (Wildman–Crippen LogP) is 3.86. The minimum absolute atomic E-state index is 0.0959. The van der Waals surface area contributed by atoms with E-state index in [-0.39, 0.29) is 5.76 Å². The highest BCUT2D eigenvalue weighted by molar-refractivity contribution is 5.86. The SMILES string of the molecule is C=C(Oc1cc(OC)ccc1-c1ccc2cccc-2[nH]1)C(=O)OC. The van der Waals surface area contributed by atoms with Crippen LogP contribution in [0.1, 0.15) is 0 Å². The Hall–Kier alpha value is -3.21. The molecule has 0 saturated heterocycles. The highest BCUT2D eigenvalue weighted by atomic mass is 16.6. The topological polar surface area (TPSA) is 60.5 Å². The number of nitrogens with one attached hydrogen (secondary N) is 1. The first kappa shape index (κ1) is 15.7. The summed E-state index contributed by atoms with van der Waals surface area (Å²) >= 11 is 0. The number of fused-ring (bicyclic) bond motifs is 1. The van der Waals surface area contributed by atoms with E-state index in [1.807, 2.05) is 42.5 Å². The normalized spacial score (nSPS) is 10.4. The van der Waals surface area contributed by atoms with E-state index in [9.17, 15) is 4.79 Å². The Morgan fingerprint density at radius 2 is 1.88 bits per heavy atom. The molecule has 1 aliphatic carbocycles. The van der Waals surface area contributed by atoms with Gasteiger partial charge >= 0.3 is 5.97 Å². The fourth-order valence-corrected chi connectivity index (χ4v) is 2.43. The molecular formula is C19H17NO4. The highest BCUT2D eigenvalue weighted by Crippen LogP contribution is 2.35. The third-order valence-electron chi connectivity index (χ3n) is 3.67. The maximum Gasteiger partial charge on any atom is 0.373 e. The van der Waals surface area contributed by atoms with E-state index in [1.54, 1.807) is 13.2 Å². The van der Waals surface area contributed by atoms with Gasteiger partial charge in [0.15, 0.2) is 0 Å². The molecule has 1 aliphatic heterocycles. The van der Waals surface area contributed by atoms with Gasteiger partial charge in [0.2, 0.25) is 5.76 Å². The van der Waals surface area contributed by atoms with Crippen molar-refractivity contribution in [3.05, 3.63) is 60.9 Å². The minimum Gasteiger partial charge on any atom is -0.497 e. The van der Waals surface area contributed by atoms with Gasteiger partial charge in [0.25, 0.3) is 0 Å². The van der Waals surface area contributed by atoms with Crippen LogP contribution in [0.25, 0.3) is 22.5 Å². The molecule has 122 valence electrons. The van der Waals surface area contributed by atoms with Gasteiger partial charge in [-0.15, -0.1) is 0 Å². The summed E-state index contributed by atoms with van der Waals surface area (Å²) in [5.41, 5.74) is 3.77. The summed E-state index contributed by atoms with van der Waals surface area (Å²) in [5, 5.41) is 0. The first-order valence-corrected chi connectivity index (χ1v) is 7.33. The van der Waals surface area contributed by atoms with Gasteiger partial charge in [0.05, 0.1) is 14.2 Å². The van der Waals surface area contributed by atoms with Crippen LogP contribution in [-0.4, -0.2) is 25.2 Å². The molecular weight excluding hydrogens is 306 g/mol. The number of ether oxygens (including phenoxy) is 3. The van der Waals surface area contributed by atoms with E-state index in [0.29, 0.717) is 11.5 Å². The molecule has 0 aromatic heterocycles. The number of carbonyl (C=O) groups is 1. The van der Waals surface area contributed by atoms with Crippen LogP contribution >= 0.6 is 0 Å². The van der Waals surface area contributed by atoms with Gasteiger partial charge in [-0.3, -0.25) is 0 Å². The Bertz CT molecular complexity index is 865. The van der Waals surface area contributed by atoms with Crippen LogP contribution in [0, 0.1) is 0 Å². The number of esters is 1. The zero-order valence-corrected chi connectivity index (χ0v) is 13.5. The quantitative estimate of drug-likeness (QED) is 0.440. The highest BCUT2D eigenvalue weighted by Gasteiger charge is 2.15. The number of hydrogen-bond acceptors (Lipinski definition) is 4. The van der Waals surface area contributed by atoms with Crippen molar-refractivity contribution >= 4 is 5.97 Å². The number of carbonyl (C=O) groups excluding carboxylic acids is 1. The lowest BCUT2D eigenvalue weighted by molar-refractivity contribution is -0.138. The Morgan fingerprint density at radius 1 is 1.04 bits per heavy atom. The second-order valence-corrected chi connectivity index (χ2v) is 5.15. The molecule has 2 aliphatic rings. The number of methoxy groups -OCH3 is 2. The van der Waals surface area contributed by atoms with Crippen molar-refractivity contribution in [3.8, 4) is 34.0 Å². The van der Waals surface area contributed by atoms with Crippen LogP contribution in [0.5, 0.6) is 11.5 Å². The third kappa shape index (κ3) is 2.96. The number of benzene rings is 1. The summed E-state index contributed by atoms with van der Waals surface area (Å²) in [5.74, 6) is 0.341. The molecule has 0 saturated carbocycles. The molecule has 0 radical (unpaired) electrons. The van der Waals surface area contributed by atoms with Crippen molar-refractivity contribution in [2.45, 2.75) is 0 Å².